The normalized spacial score (nSPS) is 11.1. The van der Waals surface area contributed by atoms with Gasteiger partial charge >= 0.3 is 0 Å². The van der Waals surface area contributed by atoms with Gasteiger partial charge in [0, 0.05) is 0 Å². The van der Waals surface area contributed by atoms with E-state index in [0.717, 1.165) is 6.42 Å². The first-order chi connectivity index (χ1) is 9.41. The second-order valence-electron chi connectivity index (χ2n) is 5.54. The Morgan fingerprint density at radius 2 is 1.00 bits per heavy atom. The largest absolute Gasteiger partial charge is 0.317 e. The third-order valence-electron chi connectivity index (χ3n) is 3.52. The van der Waals surface area contributed by atoms with E-state index in [1.807, 2.05) is 0 Å². The minimum absolute atomic E-state index is 1.08. The highest BCUT2D eigenvalue weighted by Crippen LogP contribution is 1.99. The molecule has 0 atom stereocenters. The van der Waals surface area contributed by atoms with Crippen LogP contribution in [0.15, 0.2) is 0 Å². The van der Waals surface area contributed by atoms with Crippen LogP contribution in [0.2, 0.25) is 0 Å². The van der Waals surface area contributed by atoms with Crippen molar-refractivity contribution in [3.05, 3.63) is 6.92 Å². The maximum atomic E-state index is 3.86. The van der Waals surface area contributed by atoms with Gasteiger partial charge in [0.15, 0.2) is 0 Å². The van der Waals surface area contributed by atoms with Crippen molar-refractivity contribution in [1.82, 2.24) is 10.6 Å². The van der Waals surface area contributed by atoms with E-state index in [-0.39, 0.29) is 0 Å². The lowest BCUT2D eigenvalue weighted by Gasteiger charge is -2.05. The highest BCUT2D eigenvalue weighted by molar-refractivity contribution is 4.53. The topological polar surface area (TPSA) is 24.1 Å². The van der Waals surface area contributed by atoms with E-state index >= 15 is 0 Å². The molecule has 2 heteroatoms. The fourth-order valence-electron chi connectivity index (χ4n) is 2.21. The molecule has 1 radical (unpaired) electrons. The van der Waals surface area contributed by atoms with E-state index < -0.39 is 0 Å². The van der Waals surface area contributed by atoms with Crippen molar-refractivity contribution in [2.75, 3.05) is 26.2 Å². The van der Waals surface area contributed by atoms with Crippen LogP contribution in [-0.2, 0) is 0 Å². The van der Waals surface area contributed by atoms with Crippen molar-refractivity contribution < 1.29 is 0 Å². The van der Waals surface area contributed by atoms with Crippen LogP contribution >= 0.6 is 0 Å². The van der Waals surface area contributed by atoms with Crippen molar-refractivity contribution in [1.29, 1.82) is 0 Å². The first-order valence-corrected chi connectivity index (χ1v) is 8.62. The molecule has 115 valence electrons. The molecule has 0 aromatic rings. The molecule has 0 bridgehead atoms. The summed E-state index contributed by atoms with van der Waals surface area (Å²) in [6.45, 7) is 10.9. The van der Waals surface area contributed by atoms with Gasteiger partial charge < -0.3 is 10.6 Å². The van der Waals surface area contributed by atoms with Crippen molar-refractivity contribution >= 4 is 0 Å². The lowest BCUT2D eigenvalue weighted by molar-refractivity contribution is 0.542. The van der Waals surface area contributed by atoms with Gasteiger partial charge in [0.25, 0.3) is 0 Å². The molecule has 0 saturated carbocycles. The summed E-state index contributed by atoms with van der Waals surface area (Å²) < 4.78 is 0. The third kappa shape index (κ3) is 17.9. The molecule has 0 amide bonds. The molecule has 0 unspecified atom stereocenters. The third-order valence-corrected chi connectivity index (χ3v) is 3.52. The summed E-state index contributed by atoms with van der Waals surface area (Å²) in [5.41, 5.74) is 0. The van der Waals surface area contributed by atoms with E-state index in [9.17, 15) is 0 Å². The molecule has 0 heterocycles. The summed E-state index contributed by atoms with van der Waals surface area (Å²) in [4.78, 5) is 0. The molecule has 0 aliphatic rings. The van der Waals surface area contributed by atoms with Gasteiger partial charge in [-0.15, -0.1) is 0 Å². The van der Waals surface area contributed by atoms with Crippen LogP contribution in [0.1, 0.15) is 77.6 Å². The highest BCUT2D eigenvalue weighted by atomic mass is 14.8. The molecule has 2 nitrogen and oxygen atoms in total. The summed E-state index contributed by atoms with van der Waals surface area (Å²) in [7, 11) is 0. The van der Waals surface area contributed by atoms with Gasteiger partial charge in [-0.05, 0) is 51.9 Å². The number of hydrogen-bond acceptors (Lipinski definition) is 2. The Bertz CT molecular complexity index is 132. The smallest absolute Gasteiger partial charge is 0.00489 e. The zero-order chi connectivity index (χ0) is 14.0. The monoisotopic (exact) mass is 269 g/mol. The number of rotatable bonds is 16. The number of hydrogen-bond donors (Lipinski definition) is 2. The zero-order valence-electron chi connectivity index (χ0n) is 13.3. The van der Waals surface area contributed by atoms with E-state index in [1.54, 1.807) is 0 Å². The maximum absolute atomic E-state index is 3.86. The maximum Gasteiger partial charge on any atom is -0.00489 e. The second-order valence-corrected chi connectivity index (χ2v) is 5.54. The predicted molar refractivity (Wildman–Crippen MR) is 87.6 cm³/mol. The Morgan fingerprint density at radius 3 is 1.42 bits per heavy atom. The van der Waals surface area contributed by atoms with Crippen LogP contribution in [0.25, 0.3) is 0 Å². The molecule has 2 N–H and O–H groups in total. The Morgan fingerprint density at radius 1 is 0.579 bits per heavy atom. The summed E-state index contributed by atoms with van der Waals surface area (Å²) in [6, 6.07) is 0. The summed E-state index contributed by atoms with van der Waals surface area (Å²) in [5.74, 6) is 0. The molecule has 0 spiro atoms. The second kappa shape index (κ2) is 17.9. The first kappa shape index (κ1) is 18.9. The van der Waals surface area contributed by atoms with Crippen LogP contribution in [0, 0.1) is 6.92 Å². The molecule has 0 saturated heterocycles. The van der Waals surface area contributed by atoms with E-state index in [0.29, 0.717) is 0 Å². The van der Waals surface area contributed by atoms with Crippen LogP contribution < -0.4 is 10.6 Å². The molecule has 0 rings (SSSR count). The molecular formula is C17H37N2. The molecule has 19 heavy (non-hydrogen) atoms. The van der Waals surface area contributed by atoms with Crippen LogP contribution in [0.5, 0.6) is 0 Å². The molecule has 0 aromatic heterocycles. The van der Waals surface area contributed by atoms with E-state index in [2.05, 4.69) is 24.5 Å². The van der Waals surface area contributed by atoms with Gasteiger partial charge in [0.2, 0.25) is 0 Å². The first-order valence-electron chi connectivity index (χ1n) is 8.62. The van der Waals surface area contributed by atoms with Gasteiger partial charge in [0.05, 0.1) is 0 Å². The number of unbranched alkanes of at least 4 members (excludes halogenated alkanes) is 8. The van der Waals surface area contributed by atoms with Gasteiger partial charge in [0.1, 0.15) is 0 Å². The van der Waals surface area contributed by atoms with Crippen LogP contribution in [0.3, 0.4) is 0 Å². The quantitative estimate of drug-likeness (QED) is 0.408. The Labute approximate surface area is 122 Å². The van der Waals surface area contributed by atoms with Crippen LogP contribution in [-0.4, -0.2) is 26.2 Å². The van der Waals surface area contributed by atoms with Gasteiger partial charge in [-0.25, -0.2) is 0 Å². The molecule has 0 fully saturated rings. The van der Waals surface area contributed by atoms with Gasteiger partial charge in [-0.2, -0.15) is 0 Å². The van der Waals surface area contributed by atoms with E-state index in [1.165, 1.54) is 90.4 Å². The predicted octanol–water partition coefficient (Wildman–Crippen LogP) is 4.31. The lowest BCUT2D eigenvalue weighted by Crippen LogP contribution is -2.17. The zero-order valence-corrected chi connectivity index (χ0v) is 13.3. The summed E-state index contributed by atoms with van der Waals surface area (Å²) >= 11 is 0. The molecule has 0 aliphatic carbocycles. The molecular weight excluding hydrogens is 232 g/mol. The van der Waals surface area contributed by atoms with Crippen molar-refractivity contribution in [3.8, 4) is 0 Å². The fourth-order valence-corrected chi connectivity index (χ4v) is 2.21. The summed E-state index contributed by atoms with van der Waals surface area (Å²) in [6.07, 6.45) is 14.5. The minimum atomic E-state index is 1.08. The Kier molecular flexibility index (Phi) is 17.8. The van der Waals surface area contributed by atoms with Crippen LogP contribution in [0.4, 0.5) is 0 Å². The summed E-state index contributed by atoms with van der Waals surface area (Å²) in [5, 5.41) is 7.06. The van der Waals surface area contributed by atoms with Gasteiger partial charge in [-0.3, -0.25) is 0 Å². The molecule has 0 aromatic carbocycles. The van der Waals surface area contributed by atoms with E-state index in [4.69, 9.17) is 0 Å². The SMILES string of the molecule is [CH2]CCCCNCCCCCCNCCCCCC. The van der Waals surface area contributed by atoms with Crippen molar-refractivity contribution in [2.24, 2.45) is 0 Å². The number of nitrogens with one attached hydrogen (secondary N) is 2. The average Bonchev–Trinajstić information content (AvgIpc) is 2.43. The van der Waals surface area contributed by atoms with Crippen molar-refractivity contribution in [3.63, 3.8) is 0 Å². The fraction of sp³-hybridized carbons (Fsp3) is 0.941. The lowest BCUT2D eigenvalue weighted by atomic mass is 10.2. The molecule has 0 aliphatic heterocycles. The minimum Gasteiger partial charge on any atom is -0.317 e. The van der Waals surface area contributed by atoms with Gasteiger partial charge in [-0.1, -0.05) is 58.8 Å². The standard InChI is InChI=1S/C17H37N2/c1-3-5-7-11-15-19-17-13-9-8-12-16-18-14-10-6-4-2/h18-19H,2-17H2,1H3. The van der Waals surface area contributed by atoms with Crippen molar-refractivity contribution in [2.45, 2.75) is 77.6 Å². The highest BCUT2D eigenvalue weighted by Gasteiger charge is 1.92. The Hall–Kier alpha value is -0.0800. The Balaban J connectivity index is 2.88. The average molecular weight is 269 g/mol.